The summed E-state index contributed by atoms with van der Waals surface area (Å²) in [7, 11) is -3.14. The molecule has 7 heteroatoms. The van der Waals surface area contributed by atoms with E-state index < -0.39 is 10.0 Å². The number of likely N-dealkylation sites (tertiary alicyclic amines) is 1. The summed E-state index contributed by atoms with van der Waals surface area (Å²) in [5.74, 6) is 1.01. The molecule has 2 aliphatic rings. The minimum atomic E-state index is -3.14. The van der Waals surface area contributed by atoms with Gasteiger partial charge in [0.15, 0.2) is 0 Å². The molecule has 0 radical (unpaired) electrons. The lowest BCUT2D eigenvalue weighted by Crippen LogP contribution is -2.48. The highest BCUT2D eigenvalue weighted by atomic mass is 32.2. The van der Waals surface area contributed by atoms with Crippen LogP contribution in [0.2, 0.25) is 0 Å². The molecule has 1 aliphatic heterocycles. The smallest absolute Gasteiger partial charge is 0.236 e. The van der Waals surface area contributed by atoms with Crippen molar-refractivity contribution in [3.05, 3.63) is 0 Å². The van der Waals surface area contributed by atoms with E-state index in [1.165, 1.54) is 12.8 Å². The van der Waals surface area contributed by atoms with Crippen molar-refractivity contribution >= 4 is 15.9 Å². The first-order valence-corrected chi connectivity index (χ1v) is 9.14. The summed E-state index contributed by atoms with van der Waals surface area (Å²) in [5.41, 5.74) is 0. The summed E-state index contributed by atoms with van der Waals surface area (Å²) >= 11 is 0. The number of hydrogen-bond donors (Lipinski definition) is 2. The zero-order valence-corrected chi connectivity index (χ0v) is 12.9. The van der Waals surface area contributed by atoms with Gasteiger partial charge in [-0.15, -0.1) is 0 Å². The van der Waals surface area contributed by atoms with Crippen LogP contribution in [0.25, 0.3) is 0 Å². The van der Waals surface area contributed by atoms with E-state index in [-0.39, 0.29) is 17.7 Å². The molecule has 20 heavy (non-hydrogen) atoms. The second-order valence-corrected chi connectivity index (χ2v) is 7.79. The first-order chi connectivity index (χ1) is 9.50. The fourth-order valence-electron chi connectivity index (χ4n) is 2.40. The van der Waals surface area contributed by atoms with Crippen LogP contribution in [0.15, 0.2) is 0 Å². The SMILES string of the molecule is CCS(=O)(=O)NC1CCN(C(=O)CNCC2CC2)CC1. The van der Waals surface area contributed by atoms with Crippen LogP contribution >= 0.6 is 0 Å². The standard InChI is InChI=1S/C13H25N3O3S/c1-2-20(18,19)15-12-5-7-16(8-6-12)13(17)10-14-9-11-3-4-11/h11-12,14-15H,2-10H2,1H3. The topological polar surface area (TPSA) is 78.5 Å². The number of sulfonamides is 1. The summed E-state index contributed by atoms with van der Waals surface area (Å²) in [6, 6.07) is -0.0246. The number of piperidine rings is 1. The van der Waals surface area contributed by atoms with Crippen LogP contribution in [0.5, 0.6) is 0 Å². The molecule has 2 rings (SSSR count). The number of rotatable bonds is 7. The second-order valence-electron chi connectivity index (χ2n) is 5.75. The lowest BCUT2D eigenvalue weighted by molar-refractivity contribution is -0.131. The molecule has 2 fully saturated rings. The first-order valence-electron chi connectivity index (χ1n) is 7.48. The predicted molar refractivity (Wildman–Crippen MR) is 77.8 cm³/mol. The Morgan fingerprint density at radius 3 is 2.40 bits per heavy atom. The maximum Gasteiger partial charge on any atom is 0.236 e. The Balaban J connectivity index is 1.66. The number of carbonyl (C=O) groups excluding carboxylic acids is 1. The summed E-state index contributed by atoms with van der Waals surface area (Å²) in [6.45, 7) is 4.26. The van der Waals surface area contributed by atoms with Crippen molar-refractivity contribution in [2.75, 3.05) is 31.9 Å². The van der Waals surface area contributed by atoms with E-state index in [2.05, 4.69) is 10.0 Å². The van der Waals surface area contributed by atoms with Crippen molar-refractivity contribution in [1.82, 2.24) is 14.9 Å². The highest BCUT2D eigenvalue weighted by molar-refractivity contribution is 7.89. The molecule has 0 aromatic heterocycles. The maximum atomic E-state index is 12.0. The number of nitrogens with one attached hydrogen (secondary N) is 2. The van der Waals surface area contributed by atoms with E-state index in [0.717, 1.165) is 12.5 Å². The van der Waals surface area contributed by atoms with Gasteiger partial charge in [-0.3, -0.25) is 4.79 Å². The quantitative estimate of drug-likeness (QED) is 0.689. The van der Waals surface area contributed by atoms with Gasteiger partial charge in [0.05, 0.1) is 12.3 Å². The van der Waals surface area contributed by atoms with Crippen molar-refractivity contribution in [3.63, 3.8) is 0 Å². The largest absolute Gasteiger partial charge is 0.341 e. The van der Waals surface area contributed by atoms with E-state index in [0.29, 0.717) is 32.5 Å². The van der Waals surface area contributed by atoms with Gasteiger partial charge in [-0.2, -0.15) is 0 Å². The molecule has 0 aromatic rings. The fourth-order valence-corrected chi connectivity index (χ4v) is 3.31. The molecule has 1 aliphatic carbocycles. The summed E-state index contributed by atoms with van der Waals surface area (Å²) < 4.78 is 25.7. The molecule has 0 aromatic carbocycles. The van der Waals surface area contributed by atoms with Gasteiger partial charge in [-0.25, -0.2) is 13.1 Å². The highest BCUT2D eigenvalue weighted by Gasteiger charge is 2.25. The Bertz CT molecular complexity index is 426. The van der Waals surface area contributed by atoms with Gasteiger partial charge in [0, 0.05) is 19.1 Å². The van der Waals surface area contributed by atoms with Crippen molar-refractivity contribution in [2.45, 2.75) is 38.6 Å². The van der Waals surface area contributed by atoms with E-state index in [1.807, 2.05) is 4.90 Å². The Hall–Kier alpha value is -0.660. The third kappa shape index (κ3) is 5.03. The molecule has 0 atom stereocenters. The molecule has 1 saturated heterocycles. The van der Waals surface area contributed by atoms with Crippen LogP contribution in [0.3, 0.4) is 0 Å². The molecule has 2 N–H and O–H groups in total. The minimum absolute atomic E-state index is 0.0246. The van der Waals surface area contributed by atoms with E-state index in [9.17, 15) is 13.2 Å². The van der Waals surface area contributed by atoms with Gasteiger partial charge in [0.2, 0.25) is 15.9 Å². The van der Waals surface area contributed by atoms with Gasteiger partial charge in [-0.1, -0.05) is 0 Å². The summed E-state index contributed by atoms with van der Waals surface area (Å²) in [6.07, 6.45) is 3.97. The van der Waals surface area contributed by atoms with Gasteiger partial charge < -0.3 is 10.2 Å². The Labute approximate surface area is 121 Å². The number of carbonyl (C=O) groups is 1. The van der Waals surface area contributed by atoms with E-state index in [1.54, 1.807) is 6.92 Å². The van der Waals surface area contributed by atoms with Crippen LogP contribution in [0.4, 0.5) is 0 Å². The maximum absolute atomic E-state index is 12.0. The molecule has 0 unspecified atom stereocenters. The minimum Gasteiger partial charge on any atom is -0.341 e. The molecular formula is C13H25N3O3S. The monoisotopic (exact) mass is 303 g/mol. The molecule has 1 heterocycles. The molecule has 1 amide bonds. The zero-order chi connectivity index (χ0) is 14.6. The number of hydrogen-bond acceptors (Lipinski definition) is 4. The zero-order valence-electron chi connectivity index (χ0n) is 12.1. The Kier molecular flexibility index (Phi) is 5.40. The molecule has 0 bridgehead atoms. The molecule has 0 spiro atoms. The highest BCUT2D eigenvalue weighted by Crippen LogP contribution is 2.27. The van der Waals surface area contributed by atoms with Crippen molar-refractivity contribution in [3.8, 4) is 0 Å². The van der Waals surface area contributed by atoms with Crippen molar-refractivity contribution in [2.24, 2.45) is 5.92 Å². The van der Waals surface area contributed by atoms with Crippen LogP contribution in [-0.2, 0) is 14.8 Å². The average molecular weight is 303 g/mol. The number of nitrogens with zero attached hydrogens (tertiary/aromatic N) is 1. The lowest BCUT2D eigenvalue weighted by Gasteiger charge is -2.32. The normalized spacial score (nSPS) is 21.1. The van der Waals surface area contributed by atoms with Gasteiger partial charge in [0.25, 0.3) is 0 Å². The lowest BCUT2D eigenvalue weighted by atomic mass is 10.1. The summed E-state index contributed by atoms with van der Waals surface area (Å²) in [4.78, 5) is 13.8. The second kappa shape index (κ2) is 6.87. The van der Waals surface area contributed by atoms with Crippen LogP contribution in [-0.4, -0.2) is 57.2 Å². The molecular weight excluding hydrogens is 278 g/mol. The summed E-state index contributed by atoms with van der Waals surface area (Å²) in [5, 5.41) is 3.20. The van der Waals surface area contributed by atoms with Crippen LogP contribution in [0.1, 0.15) is 32.6 Å². The van der Waals surface area contributed by atoms with Gasteiger partial charge >= 0.3 is 0 Å². The van der Waals surface area contributed by atoms with Crippen molar-refractivity contribution < 1.29 is 13.2 Å². The predicted octanol–water partition coefficient (Wildman–Crippen LogP) is -0.0837. The molecule has 116 valence electrons. The third-order valence-corrected chi connectivity index (χ3v) is 5.43. The van der Waals surface area contributed by atoms with E-state index in [4.69, 9.17) is 0 Å². The Morgan fingerprint density at radius 2 is 1.85 bits per heavy atom. The number of amides is 1. The fraction of sp³-hybridized carbons (Fsp3) is 0.923. The average Bonchev–Trinajstić information content (AvgIpc) is 3.23. The Morgan fingerprint density at radius 1 is 1.20 bits per heavy atom. The van der Waals surface area contributed by atoms with Gasteiger partial charge in [0.1, 0.15) is 0 Å². The van der Waals surface area contributed by atoms with Gasteiger partial charge in [-0.05, 0) is 45.1 Å². The molecule has 1 saturated carbocycles. The van der Waals surface area contributed by atoms with Crippen molar-refractivity contribution in [1.29, 1.82) is 0 Å². The van der Waals surface area contributed by atoms with Crippen LogP contribution in [0, 0.1) is 5.92 Å². The molecule has 6 nitrogen and oxygen atoms in total. The van der Waals surface area contributed by atoms with E-state index >= 15 is 0 Å². The first kappa shape index (κ1) is 15.7. The third-order valence-electron chi connectivity index (χ3n) is 3.98. The van der Waals surface area contributed by atoms with Crippen LogP contribution < -0.4 is 10.0 Å².